The van der Waals surface area contributed by atoms with Gasteiger partial charge in [-0.15, -0.1) is 0 Å². The van der Waals surface area contributed by atoms with Gasteiger partial charge in [-0.1, -0.05) is 0 Å². The quantitative estimate of drug-likeness (QED) is 0.640. The number of hydrogen-bond donors (Lipinski definition) is 2. The molecule has 1 aromatic heterocycles. The van der Waals surface area contributed by atoms with E-state index < -0.39 is 6.09 Å². The van der Waals surface area contributed by atoms with E-state index in [2.05, 4.69) is 10.3 Å². The summed E-state index contributed by atoms with van der Waals surface area (Å²) in [5.41, 5.74) is 0.718. The van der Waals surface area contributed by atoms with Crippen LogP contribution in [0.1, 0.15) is 5.69 Å². The summed E-state index contributed by atoms with van der Waals surface area (Å²) in [5, 5.41) is 10.5. The standard InChI is InChI=1S/C6H9N3O2/c1-9-3-5(8-4-9)2-7-6(10)11/h3-4,7H,2H2,1H3,(H,10,11). The average Bonchev–Trinajstić information content (AvgIpc) is 2.31. The van der Waals surface area contributed by atoms with Crippen LogP contribution in [-0.4, -0.2) is 20.8 Å². The molecular formula is C6H9N3O2. The van der Waals surface area contributed by atoms with E-state index >= 15 is 0 Å². The summed E-state index contributed by atoms with van der Waals surface area (Å²) < 4.78 is 1.76. The number of nitrogens with zero attached hydrogens (tertiary/aromatic N) is 2. The monoisotopic (exact) mass is 155 g/mol. The second-order valence-electron chi connectivity index (χ2n) is 2.19. The van der Waals surface area contributed by atoms with Crippen LogP contribution in [0.2, 0.25) is 0 Å². The third-order valence-corrected chi connectivity index (χ3v) is 1.18. The maximum absolute atomic E-state index is 10.0. The van der Waals surface area contributed by atoms with E-state index in [0.717, 1.165) is 5.69 Å². The lowest BCUT2D eigenvalue weighted by Crippen LogP contribution is -2.19. The van der Waals surface area contributed by atoms with Crippen molar-refractivity contribution in [3.8, 4) is 0 Å². The first kappa shape index (κ1) is 7.59. The molecule has 0 fully saturated rings. The summed E-state index contributed by atoms with van der Waals surface area (Å²) >= 11 is 0. The lowest BCUT2D eigenvalue weighted by molar-refractivity contribution is 0.194. The van der Waals surface area contributed by atoms with Crippen LogP contribution >= 0.6 is 0 Å². The van der Waals surface area contributed by atoms with Crippen LogP contribution in [0.15, 0.2) is 12.5 Å². The Hall–Kier alpha value is -1.52. The highest BCUT2D eigenvalue weighted by Crippen LogP contribution is 1.91. The predicted octanol–water partition coefficient (Wildman–Crippen LogP) is 0.188. The molecule has 0 unspecified atom stereocenters. The smallest absolute Gasteiger partial charge is 0.404 e. The number of aryl methyl sites for hydroxylation is 1. The molecular weight excluding hydrogens is 146 g/mol. The molecule has 5 heteroatoms. The Morgan fingerprint density at radius 2 is 2.64 bits per heavy atom. The van der Waals surface area contributed by atoms with Crippen molar-refractivity contribution in [3.05, 3.63) is 18.2 Å². The van der Waals surface area contributed by atoms with Gasteiger partial charge in [-0.3, -0.25) is 0 Å². The summed E-state index contributed by atoms with van der Waals surface area (Å²) in [6, 6.07) is 0. The number of rotatable bonds is 2. The van der Waals surface area contributed by atoms with Crippen molar-refractivity contribution in [3.63, 3.8) is 0 Å². The van der Waals surface area contributed by atoms with Crippen LogP contribution in [0.4, 0.5) is 4.79 Å². The number of carbonyl (C=O) groups is 1. The Balaban J connectivity index is 2.45. The van der Waals surface area contributed by atoms with Gasteiger partial charge >= 0.3 is 6.09 Å². The molecule has 0 spiro atoms. The van der Waals surface area contributed by atoms with E-state index in [1.807, 2.05) is 7.05 Å². The van der Waals surface area contributed by atoms with Gasteiger partial charge in [0.15, 0.2) is 0 Å². The van der Waals surface area contributed by atoms with Crippen molar-refractivity contribution in [2.45, 2.75) is 6.54 Å². The van der Waals surface area contributed by atoms with Gasteiger partial charge in [0.05, 0.1) is 18.6 Å². The van der Waals surface area contributed by atoms with Crippen molar-refractivity contribution >= 4 is 6.09 Å². The van der Waals surface area contributed by atoms with Gasteiger partial charge in [-0.25, -0.2) is 9.78 Å². The molecule has 5 nitrogen and oxygen atoms in total. The maximum atomic E-state index is 10.0. The van der Waals surface area contributed by atoms with Crippen LogP contribution in [0.5, 0.6) is 0 Å². The summed E-state index contributed by atoms with van der Waals surface area (Å²) in [6.45, 7) is 0.260. The topological polar surface area (TPSA) is 67.2 Å². The molecule has 0 saturated heterocycles. The minimum Gasteiger partial charge on any atom is -0.465 e. The molecule has 0 aromatic carbocycles. The van der Waals surface area contributed by atoms with E-state index in [4.69, 9.17) is 5.11 Å². The van der Waals surface area contributed by atoms with Gasteiger partial charge in [-0.2, -0.15) is 0 Å². The first-order chi connectivity index (χ1) is 5.18. The highest BCUT2D eigenvalue weighted by Gasteiger charge is 1.97. The Bertz CT molecular complexity index is 256. The fourth-order valence-electron chi connectivity index (χ4n) is 0.724. The van der Waals surface area contributed by atoms with E-state index in [-0.39, 0.29) is 6.54 Å². The zero-order valence-corrected chi connectivity index (χ0v) is 6.11. The predicted molar refractivity (Wildman–Crippen MR) is 38.1 cm³/mol. The van der Waals surface area contributed by atoms with Gasteiger partial charge in [-0.05, 0) is 0 Å². The van der Waals surface area contributed by atoms with E-state index in [1.165, 1.54) is 0 Å². The Morgan fingerprint density at radius 1 is 1.91 bits per heavy atom. The molecule has 0 saturated carbocycles. The average molecular weight is 155 g/mol. The maximum Gasteiger partial charge on any atom is 0.404 e. The third-order valence-electron chi connectivity index (χ3n) is 1.18. The SMILES string of the molecule is Cn1cnc(CNC(=O)O)c1. The van der Waals surface area contributed by atoms with E-state index in [0.29, 0.717) is 0 Å². The number of nitrogens with one attached hydrogen (secondary N) is 1. The Labute approximate surface area is 63.7 Å². The summed E-state index contributed by atoms with van der Waals surface area (Å²) in [5.74, 6) is 0. The molecule has 0 atom stereocenters. The summed E-state index contributed by atoms with van der Waals surface area (Å²) in [4.78, 5) is 14.0. The normalized spacial score (nSPS) is 9.55. The molecule has 0 radical (unpaired) electrons. The molecule has 60 valence electrons. The van der Waals surface area contributed by atoms with Crippen molar-refractivity contribution in [2.24, 2.45) is 7.05 Å². The molecule has 11 heavy (non-hydrogen) atoms. The van der Waals surface area contributed by atoms with Crippen LogP contribution in [0.3, 0.4) is 0 Å². The third kappa shape index (κ3) is 2.29. The summed E-state index contributed by atoms with van der Waals surface area (Å²) in [6.07, 6.45) is 2.35. The number of carboxylic acid groups (broad SMARTS) is 1. The lowest BCUT2D eigenvalue weighted by atomic mass is 10.5. The fourth-order valence-corrected chi connectivity index (χ4v) is 0.724. The highest BCUT2D eigenvalue weighted by atomic mass is 16.4. The van der Waals surface area contributed by atoms with Crippen molar-refractivity contribution in [2.75, 3.05) is 0 Å². The largest absolute Gasteiger partial charge is 0.465 e. The molecule has 1 rings (SSSR count). The van der Waals surface area contributed by atoms with Crippen LogP contribution in [0, 0.1) is 0 Å². The van der Waals surface area contributed by atoms with Crippen molar-refractivity contribution in [1.29, 1.82) is 0 Å². The highest BCUT2D eigenvalue weighted by molar-refractivity contribution is 5.64. The van der Waals surface area contributed by atoms with Gasteiger partial charge in [0.2, 0.25) is 0 Å². The minimum atomic E-state index is -1.03. The second kappa shape index (κ2) is 3.05. The van der Waals surface area contributed by atoms with Gasteiger partial charge < -0.3 is 15.0 Å². The molecule has 1 amide bonds. The summed E-state index contributed by atoms with van der Waals surface area (Å²) in [7, 11) is 1.83. The first-order valence-electron chi connectivity index (χ1n) is 3.12. The van der Waals surface area contributed by atoms with Crippen LogP contribution in [0.25, 0.3) is 0 Å². The Morgan fingerprint density at radius 3 is 3.09 bits per heavy atom. The fraction of sp³-hybridized carbons (Fsp3) is 0.333. The lowest BCUT2D eigenvalue weighted by Gasteiger charge is -1.94. The molecule has 1 heterocycles. The van der Waals surface area contributed by atoms with Gasteiger partial charge in [0.25, 0.3) is 0 Å². The second-order valence-corrected chi connectivity index (χ2v) is 2.19. The first-order valence-corrected chi connectivity index (χ1v) is 3.12. The molecule has 2 N–H and O–H groups in total. The number of hydrogen-bond acceptors (Lipinski definition) is 2. The Kier molecular flexibility index (Phi) is 2.10. The number of amides is 1. The molecule has 0 aliphatic rings. The molecule has 0 aliphatic heterocycles. The zero-order valence-electron chi connectivity index (χ0n) is 6.11. The number of aromatic nitrogens is 2. The molecule has 1 aromatic rings. The van der Waals surface area contributed by atoms with Crippen molar-refractivity contribution in [1.82, 2.24) is 14.9 Å². The van der Waals surface area contributed by atoms with E-state index in [9.17, 15) is 4.79 Å². The van der Waals surface area contributed by atoms with E-state index in [1.54, 1.807) is 17.1 Å². The molecule has 0 aliphatic carbocycles. The van der Waals surface area contributed by atoms with Gasteiger partial charge in [0, 0.05) is 13.2 Å². The van der Waals surface area contributed by atoms with Gasteiger partial charge in [0.1, 0.15) is 0 Å². The molecule has 0 bridgehead atoms. The zero-order chi connectivity index (χ0) is 8.27. The van der Waals surface area contributed by atoms with Crippen LogP contribution in [-0.2, 0) is 13.6 Å². The number of imidazole rings is 1. The van der Waals surface area contributed by atoms with Crippen molar-refractivity contribution < 1.29 is 9.90 Å². The minimum absolute atomic E-state index is 0.260. The van der Waals surface area contributed by atoms with Crippen LogP contribution < -0.4 is 5.32 Å².